The predicted molar refractivity (Wildman–Crippen MR) is 112 cm³/mol. The molecule has 3 rings (SSSR count). The summed E-state index contributed by atoms with van der Waals surface area (Å²) in [6.07, 6.45) is 0. The summed E-state index contributed by atoms with van der Waals surface area (Å²) in [7, 11) is 0. The Morgan fingerprint density at radius 2 is 1.63 bits per heavy atom. The van der Waals surface area contributed by atoms with Gasteiger partial charge < -0.3 is 15.5 Å². The summed E-state index contributed by atoms with van der Waals surface area (Å²) in [5.74, 6) is -0.958. The third-order valence-corrected chi connectivity index (χ3v) is 5.01. The highest BCUT2D eigenvalue weighted by molar-refractivity contribution is 5.97. The highest BCUT2D eigenvalue weighted by atomic mass is 19.1. The fourth-order valence-corrected chi connectivity index (χ4v) is 3.28. The Labute approximate surface area is 174 Å². The number of nitrogens with one attached hydrogen (secondary N) is 2. The molecule has 0 bridgehead atoms. The molecule has 2 N–H and O–H groups in total. The molecule has 2 aromatic carbocycles. The number of halogens is 1. The first-order valence-electron chi connectivity index (χ1n) is 9.82. The van der Waals surface area contributed by atoms with Gasteiger partial charge in [0.25, 0.3) is 5.91 Å². The minimum absolute atomic E-state index is 0.0573. The van der Waals surface area contributed by atoms with Gasteiger partial charge in [-0.3, -0.25) is 19.3 Å². The van der Waals surface area contributed by atoms with Crippen LogP contribution in [0.1, 0.15) is 15.9 Å². The summed E-state index contributed by atoms with van der Waals surface area (Å²) in [6, 6.07) is 12.8. The van der Waals surface area contributed by atoms with E-state index in [1.807, 2.05) is 24.0 Å². The average molecular weight is 412 g/mol. The molecule has 1 aliphatic heterocycles. The largest absolute Gasteiger partial charge is 0.343 e. The van der Waals surface area contributed by atoms with Gasteiger partial charge in [-0.15, -0.1) is 0 Å². The molecule has 2 aromatic rings. The molecule has 0 saturated carbocycles. The van der Waals surface area contributed by atoms with Gasteiger partial charge in [0.2, 0.25) is 11.8 Å². The summed E-state index contributed by atoms with van der Waals surface area (Å²) >= 11 is 0. The number of hydrogen-bond donors (Lipinski definition) is 2. The second-order valence-electron chi connectivity index (χ2n) is 7.21. The van der Waals surface area contributed by atoms with Crippen LogP contribution in [-0.2, 0) is 9.59 Å². The third-order valence-electron chi connectivity index (χ3n) is 5.01. The Bertz CT molecular complexity index is 909. The predicted octanol–water partition coefficient (Wildman–Crippen LogP) is 1.65. The maximum Gasteiger partial charge on any atom is 0.251 e. The maximum atomic E-state index is 12.9. The molecule has 1 saturated heterocycles. The molecule has 1 fully saturated rings. The Morgan fingerprint density at radius 3 is 2.30 bits per heavy atom. The molecule has 1 heterocycles. The number of carbonyl (C=O) groups excluding carboxylic acids is 3. The van der Waals surface area contributed by atoms with Crippen LogP contribution in [0.2, 0.25) is 0 Å². The summed E-state index contributed by atoms with van der Waals surface area (Å²) < 4.78 is 12.9. The Kier molecular flexibility index (Phi) is 7.13. The number of rotatable bonds is 6. The average Bonchev–Trinajstić information content (AvgIpc) is 2.74. The van der Waals surface area contributed by atoms with Crippen molar-refractivity contribution in [2.75, 3.05) is 44.6 Å². The number of carbonyl (C=O) groups is 3. The fraction of sp³-hybridized carbons (Fsp3) is 0.318. The van der Waals surface area contributed by atoms with E-state index in [1.165, 1.54) is 24.3 Å². The zero-order valence-electron chi connectivity index (χ0n) is 16.9. The van der Waals surface area contributed by atoms with Crippen molar-refractivity contribution in [1.82, 2.24) is 15.1 Å². The number of aryl methyl sites for hydroxylation is 1. The number of hydrogen-bond acceptors (Lipinski definition) is 4. The third kappa shape index (κ3) is 5.87. The molecule has 0 spiro atoms. The first-order valence-corrected chi connectivity index (χ1v) is 9.82. The lowest BCUT2D eigenvalue weighted by atomic mass is 10.1. The maximum absolute atomic E-state index is 12.9. The van der Waals surface area contributed by atoms with E-state index in [1.54, 1.807) is 17.0 Å². The van der Waals surface area contributed by atoms with Crippen molar-refractivity contribution in [3.63, 3.8) is 0 Å². The number of anilines is 1. The molecule has 1 aliphatic rings. The highest BCUT2D eigenvalue weighted by Crippen LogP contribution is 2.09. The van der Waals surface area contributed by atoms with Crippen LogP contribution < -0.4 is 10.6 Å². The van der Waals surface area contributed by atoms with E-state index in [9.17, 15) is 18.8 Å². The van der Waals surface area contributed by atoms with E-state index < -0.39 is 0 Å². The Morgan fingerprint density at radius 1 is 0.967 bits per heavy atom. The molecule has 158 valence electrons. The minimum atomic E-state index is -0.358. The van der Waals surface area contributed by atoms with Crippen LogP contribution in [0.15, 0.2) is 48.5 Å². The van der Waals surface area contributed by atoms with E-state index >= 15 is 0 Å². The van der Waals surface area contributed by atoms with E-state index in [4.69, 9.17) is 0 Å². The van der Waals surface area contributed by atoms with Crippen LogP contribution in [0.3, 0.4) is 0 Å². The number of amides is 3. The van der Waals surface area contributed by atoms with Gasteiger partial charge >= 0.3 is 0 Å². The van der Waals surface area contributed by atoms with Crippen molar-refractivity contribution in [3.8, 4) is 0 Å². The standard InChI is InChI=1S/C22H25FN4O3/c1-16-4-2-3-5-19(16)22(30)24-14-21(29)27-12-10-26(11-13-27)15-20(28)25-18-8-6-17(23)7-9-18/h2-9H,10-15H2,1H3,(H,24,30)(H,25,28). The van der Waals surface area contributed by atoms with Gasteiger partial charge in [0.05, 0.1) is 13.1 Å². The van der Waals surface area contributed by atoms with Crippen LogP contribution in [0.4, 0.5) is 10.1 Å². The van der Waals surface area contributed by atoms with Crippen molar-refractivity contribution in [1.29, 1.82) is 0 Å². The quantitative estimate of drug-likeness (QED) is 0.756. The first kappa shape index (κ1) is 21.4. The van der Waals surface area contributed by atoms with Crippen LogP contribution in [0.25, 0.3) is 0 Å². The molecule has 3 amide bonds. The monoisotopic (exact) mass is 412 g/mol. The summed E-state index contributed by atoms with van der Waals surface area (Å²) in [4.78, 5) is 40.4. The summed E-state index contributed by atoms with van der Waals surface area (Å²) in [5.41, 5.74) is 1.96. The highest BCUT2D eigenvalue weighted by Gasteiger charge is 2.23. The van der Waals surface area contributed by atoms with Crippen LogP contribution >= 0.6 is 0 Å². The molecule has 0 aliphatic carbocycles. The molecular formula is C22H25FN4O3. The van der Waals surface area contributed by atoms with E-state index in [-0.39, 0.29) is 36.6 Å². The second-order valence-corrected chi connectivity index (χ2v) is 7.21. The number of benzene rings is 2. The zero-order valence-corrected chi connectivity index (χ0v) is 16.9. The Balaban J connectivity index is 1.39. The summed E-state index contributed by atoms with van der Waals surface area (Å²) in [5, 5.41) is 5.40. The van der Waals surface area contributed by atoms with E-state index in [0.29, 0.717) is 37.4 Å². The van der Waals surface area contributed by atoms with Crippen LogP contribution in [0.5, 0.6) is 0 Å². The Hall–Kier alpha value is -3.26. The molecule has 7 nitrogen and oxygen atoms in total. The van der Waals surface area contributed by atoms with Gasteiger partial charge in [-0.1, -0.05) is 18.2 Å². The molecule has 0 aromatic heterocycles. The minimum Gasteiger partial charge on any atom is -0.343 e. The normalized spacial score (nSPS) is 14.3. The van der Waals surface area contributed by atoms with E-state index in [2.05, 4.69) is 10.6 Å². The summed E-state index contributed by atoms with van der Waals surface area (Å²) in [6.45, 7) is 4.10. The topological polar surface area (TPSA) is 81.8 Å². The van der Waals surface area contributed by atoms with Gasteiger partial charge in [-0.2, -0.15) is 0 Å². The van der Waals surface area contributed by atoms with Crippen molar-refractivity contribution in [2.45, 2.75) is 6.92 Å². The molecule has 8 heteroatoms. The lowest BCUT2D eigenvalue weighted by Crippen LogP contribution is -2.52. The zero-order chi connectivity index (χ0) is 21.5. The SMILES string of the molecule is Cc1ccccc1C(=O)NCC(=O)N1CCN(CC(=O)Nc2ccc(F)cc2)CC1. The van der Waals surface area contributed by atoms with Crippen molar-refractivity contribution in [3.05, 3.63) is 65.5 Å². The first-order chi connectivity index (χ1) is 14.4. The van der Waals surface area contributed by atoms with Crippen molar-refractivity contribution in [2.24, 2.45) is 0 Å². The molecule has 0 radical (unpaired) electrons. The van der Waals surface area contributed by atoms with Crippen LogP contribution in [-0.4, -0.2) is 66.8 Å². The van der Waals surface area contributed by atoms with Crippen molar-refractivity contribution < 1.29 is 18.8 Å². The lowest BCUT2D eigenvalue weighted by molar-refractivity contribution is -0.132. The van der Waals surface area contributed by atoms with Gasteiger partial charge in [-0.05, 0) is 42.8 Å². The van der Waals surface area contributed by atoms with E-state index in [0.717, 1.165) is 5.56 Å². The second kappa shape index (κ2) is 9.98. The number of piperazine rings is 1. The van der Waals surface area contributed by atoms with Gasteiger partial charge in [0, 0.05) is 37.4 Å². The van der Waals surface area contributed by atoms with Gasteiger partial charge in [0.15, 0.2) is 0 Å². The van der Waals surface area contributed by atoms with Crippen LogP contribution in [0, 0.1) is 12.7 Å². The fourth-order valence-electron chi connectivity index (χ4n) is 3.28. The molecule has 0 atom stereocenters. The lowest BCUT2D eigenvalue weighted by Gasteiger charge is -2.34. The molecular weight excluding hydrogens is 387 g/mol. The molecule has 0 unspecified atom stereocenters. The van der Waals surface area contributed by atoms with Crippen molar-refractivity contribution >= 4 is 23.4 Å². The van der Waals surface area contributed by atoms with Gasteiger partial charge in [-0.25, -0.2) is 4.39 Å². The number of nitrogens with zero attached hydrogens (tertiary/aromatic N) is 2. The molecule has 30 heavy (non-hydrogen) atoms. The van der Waals surface area contributed by atoms with Gasteiger partial charge in [0.1, 0.15) is 5.82 Å². The smallest absolute Gasteiger partial charge is 0.251 e.